The molecule has 0 fully saturated rings. The Morgan fingerprint density at radius 1 is 0.309 bits per heavy atom. The summed E-state index contributed by atoms with van der Waals surface area (Å²) in [6, 6.07) is 0. The Morgan fingerprint density at radius 3 is 0.985 bits per heavy atom. The third-order valence-electron chi connectivity index (χ3n) is 12.4. The second kappa shape index (κ2) is 56.4. The third kappa shape index (κ3) is 53.8. The highest BCUT2D eigenvalue weighted by Gasteiger charge is 2.19. The van der Waals surface area contributed by atoms with Gasteiger partial charge in [0.15, 0.2) is 6.10 Å². The molecule has 392 valence electrons. The van der Waals surface area contributed by atoms with Crippen LogP contribution in [0.15, 0.2) is 72.9 Å². The number of rotatable bonds is 52. The van der Waals surface area contributed by atoms with Crippen LogP contribution >= 0.6 is 0 Å². The average molecular weight is 950 g/mol. The Morgan fingerprint density at radius 2 is 0.603 bits per heavy atom. The predicted octanol–water partition coefficient (Wildman–Crippen LogP) is 19.4. The van der Waals surface area contributed by atoms with Crippen LogP contribution in [0.25, 0.3) is 0 Å². The van der Waals surface area contributed by atoms with Crippen molar-refractivity contribution in [2.45, 2.75) is 290 Å². The lowest BCUT2D eigenvalue weighted by Gasteiger charge is -2.18. The van der Waals surface area contributed by atoms with E-state index in [-0.39, 0.29) is 31.6 Å². The van der Waals surface area contributed by atoms with Gasteiger partial charge in [0.1, 0.15) is 13.2 Å². The first-order chi connectivity index (χ1) is 33.5. The predicted molar refractivity (Wildman–Crippen MR) is 293 cm³/mol. The summed E-state index contributed by atoms with van der Waals surface area (Å²) < 4.78 is 16.7. The summed E-state index contributed by atoms with van der Waals surface area (Å²) in [7, 11) is 0. The Hall–Kier alpha value is -3.15. The van der Waals surface area contributed by atoms with E-state index in [9.17, 15) is 14.4 Å². The molecule has 6 nitrogen and oxygen atoms in total. The summed E-state index contributed by atoms with van der Waals surface area (Å²) in [5.41, 5.74) is 0. The molecule has 0 aromatic carbocycles. The minimum absolute atomic E-state index is 0.105. The van der Waals surface area contributed by atoms with Gasteiger partial charge in [0.05, 0.1) is 0 Å². The van der Waals surface area contributed by atoms with Crippen molar-refractivity contribution in [2.24, 2.45) is 0 Å². The van der Waals surface area contributed by atoms with E-state index in [1.165, 1.54) is 161 Å². The molecule has 68 heavy (non-hydrogen) atoms. The van der Waals surface area contributed by atoms with Gasteiger partial charge < -0.3 is 14.2 Å². The van der Waals surface area contributed by atoms with Crippen LogP contribution in [0.2, 0.25) is 0 Å². The summed E-state index contributed by atoms with van der Waals surface area (Å²) in [6.07, 6.45) is 72.1. The first-order valence-corrected chi connectivity index (χ1v) is 28.9. The van der Waals surface area contributed by atoms with E-state index < -0.39 is 12.1 Å². The molecule has 0 radical (unpaired) electrons. The molecule has 0 aromatic heterocycles. The molecule has 0 spiro atoms. The molecule has 0 amide bonds. The first-order valence-electron chi connectivity index (χ1n) is 28.9. The molecular formula is C62H108O6. The number of carbonyl (C=O) groups is 3. The van der Waals surface area contributed by atoms with Gasteiger partial charge in [0.2, 0.25) is 0 Å². The standard InChI is InChI=1S/C62H108O6/c1-4-7-10-13-16-19-22-25-26-27-28-29-30-31-32-33-34-35-36-38-40-43-46-49-52-55-61(64)67-58-59(57-66-60(63)54-51-48-45-42-39-24-21-18-15-12-9-6-3)68-62(65)56-53-50-47-44-41-37-23-20-17-14-11-8-5-2/h8,11,17-18,20-21,27-28,37,41,47,50,59H,4-7,9-10,12-16,19,22-26,29-36,38-40,42-46,48-49,51-58H2,1-3H3/b11-8-,20-17-,21-18-,28-27-,41-37-,50-47-. The largest absolute Gasteiger partial charge is 0.462 e. The normalized spacial score (nSPS) is 12.6. The molecule has 0 rings (SSSR count). The Balaban J connectivity index is 4.27. The minimum atomic E-state index is -0.815. The van der Waals surface area contributed by atoms with Crippen LogP contribution in [0.5, 0.6) is 0 Å². The van der Waals surface area contributed by atoms with Crippen molar-refractivity contribution in [2.75, 3.05) is 13.2 Å². The van der Waals surface area contributed by atoms with Gasteiger partial charge in [-0.05, 0) is 96.3 Å². The summed E-state index contributed by atoms with van der Waals surface area (Å²) in [4.78, 5) is 38.0. The maximum Gasteiger partial charge on any atom is 0.306 e. The topological polar surface area (TPSA) is 78.9 Å². The zero-order chi connectivity index (χ0) is 49.3. The molecular weight excluding hydrogens is 841 g/mol. The molecule has 0 bridgehead atoms. The number of carbonyl (C=O) groups excluding carboxylic acids is 3. The zero-order valence-corrected chi connectivity index (χ0v) is 44.9. The molecule has 6 heteroatoms. The van der Waals surface area contributed by atoms with Crippen LogP contribution in [0, 0.1) is 0 Å². The lowest BCUT2D eigenvalue weighted by molar-refractivity contribution is -0.166. The van der Waals surface area contributed by atoms with Gasteiger partial charge in [-0.25, -0.2) is 0 Å². The second-order valence-corrected chi connectivity index (χ2v) is 19.2. The van der Waals surface area contributed by atoms with Crippen LogP contribution in [-0.4, -0.2) is 37.2 Å². The average Bonchev–Trinajstić information content (AvgIpc) is 3.34. The molecule has 0 aliphatic heterocycles. The number of esters is 3. The molecule has 1 unspecified atom stereocenters. The fourth-order valence-electron chi connectivity index (χ4n) is 8.09. The van der Waals surface area contributed by atoms with Crippen molar-refractivity contribution >= 4 is 17.9 Å². The van der Waals surface area contributed by atoms with Gasteiger partial charge in [-0.2, -0.15) is 0 Å². The van der Waals surface area contributed by atoms with Crippen molar-refractivity contribution in [1.82, 2.24) is 0 Å². The van der Waals surface area contributed by atoms with E-state index in [2.05, 4.69) is 81.5 Å². The van der Waals surface area contributed by atoms with E-state index in [4.69, 9.17) is 14.2 Å². The fraction of sp³-hybridized carbons (Fsp3) is 0.758. The smallest absolute Gasteiger partial charge is 0.306 e. The van der Waals surface area contributed by atoms with E-state index in [0.717, 1.165) is 77.0 Å². The highest BCUT2D eigenvalue weighted by molar-refractivity contribution is 5.71. The second-order valence-electron chi connectivity index (χ2n) is 19.2. The fourth-order valence-corrected chi connectivity index (χ4v) is 8.09. The van der Waals surface area contributed by atoms with Crippen molar-refractivity contribution in [3.05, 3.63) is 72.9 Å². The van der Waals surface area contributed by atoms with Gasteiger partial charge in [0.25, 0.3) is 0 Å². The number of hydrogen-bond donors (Lipinski definition) is 0. The first kappa shape index (κ1) is 64.8. The van der Waals surface area contributed by atoms with Gasteiger partial charge in [-0.15, -0.1) is 0 Å². The maximum absolute atomic E-state index is 12.8. The minimum Gasteiger partial charge on any atom is -0.462 e. The lowest BCUT2D eigenvalue weighted by atomic mass is 10.0. The Kier molecular flexibility index (Phi) is 53.8. The summed E-state index contributed by atoms with van der Waals surface area (Å²) >= 11 is 0. The SMILES string of the molecule is CC/C=C\C/C=C\C/C=C\C/C=C\CCC(=O)OC(COC(=O)CCCCCCC/C=C\CCCCC)COC(=O)CCCCCCCCCCCCCCC/C=C\CCCCCCCCCC. The summed E-state index contributed by atoms with van der Waals surface area (Å²) in [5, 5.41) is 0. The highest BCUT2D eigenvalue weighted by Crippen LogP contribution is 2.16. The molecule has 0 N–H and O–H groups in total. The van der Waals surface area contributed by atoms with E-state index in [0.29, 0.717) is 19.3 Å². The number of ether oxygens (including phenoxy) is 3. The van der Waals surface area contributed by atoms with Crippen molar-refractivity contribution in [1.29, 1.82) is 0 Å². The molecule has 0 heterocycles. The van der Waals surface area contributed by atoms with Gasteiger partial charge in [-0.3, -0.25) is 14.4 Å². The van der Waals surface area contributed by atoms with Crippen LogP contribution in [0.4, 0.5) is 0 Å². The maximum atomic E-state index is 12.8. The van der Waals surface area contributed by atoms with Crippen molar-refractivity contribution in [3.8, 4) is 0 Å². The molecule has 0 saturated carbocycles. The monoisotopic (exact) mass is 949 g/mol. The van der Waals surface area contributed by atoms with E-state index in [1.54, 1.807) is 0 Å². The summed E-state index contributed by atoms with van der Waals surface area (Å²) in [6.45, 7) is 6.45. The van der Waals surface area contributed by atoms with Gasteiger partial charge in [-0.1, -0.05) is 241 Å². The zero-order valence-electron chi connectivity index (χ0n) is 44.9. The molecule has 0 aliphatic carbocycles. The van der Waals surface area contributed by atoms with E-state index in [1.807, 2.05) is 12.2 Å². The lowest BCUT2D eigenvalue weighted by Crippen LogP contribution is -2.30. The number of hydrogen-bond acceptors (Lipinski definition) is 6. The Labute approximate surface area is 421 Å². The summed E-state index contributed by atoms with van der Waals surface area (Å²) in [5.74, 6) is -0.992. The van der Waals surface area contributed by atoms with Crippen LogP contribution in [0.1, 0.15) is 284 Å². The van der Waals surface area contributed by atoms with Gasteiger partial charge >= 0.3 is 17.9 Å². The van der Waals surface area contributed by atoms with Crippen LogP contribution < -0.4 is 0 Å². The van der Waals surface area contributed by atoms with E-state index >= 15 is 0 Å². The third-order valence-corrected chi connectivity index (χ3v) is 12.4. The van der Waals surface area contributed by atoms with Crippen LogP contribution in [-0.2, 0) is 28.6 Å². The number of unbranched alkanes of at least 4 members (excludes halogenated alkanes) is 29. The molecule has 0 aliphatic rings. The van der Waals surface area contributed by atoms with Crippen molar-refractivity contribution < 1.29 is 28.6 Å². The van der Waals surface area contributed by atoms with Crippen LogP contribution in [0.3, 0.4) is 0 Å². The molecule has 1 atom stereocenters. The number of allylic oxidation sites excluding steroid dienone is 12. The highest BCUT2D eigenvalue weighted by atomic mass is 16.6. The van der Waals surface area contributed by atoms with Gasteiger partial charge in [0, 0.05) is 19.3 Å². The molecule has 0 saturated heterocycles. The molecule has 0 aromatic rings. The quantitative estimate of drug-likeness (QED) is 0.0262. The van der Waals surface area contributed by atoms with Crippen molar-refractivity contribution in [3.63, 3.8) is 0 Å². The Bertz CT molecular complexity index is 1270.